The van der Waals surface area contributed by atoms with Crippen molar-refractivity contribution in [2.24, 2.45) is 0 Å². The summed E-state index contributed by atoms with van der Waals surface area (Å²) in [5, 5.41) is 14.8. The van der Waals surface area contributed by atoms with Crippen LogP contribution in [0.25, 0.3) is 0 Å². The normalized spacial score (nSPS) is 16.9. The Morgan fingerprint density at radius 2 is 1.46 bits per heavy atom. The van der Waals surface area contributed by atoms with E-state index in [1.165, 1.54) is 0 Å². The number of imide groups is 2. The summed E-state index contributed by atoms with van der Waals surface area (Å²) in [5.74, 6) is -1.46. The number of aliphatic hydroxyl groups excluding tert-OH is 1. The van der Waals surface area contributed by atoms with Crippen molar-refractivity contribution in [1.82, 2.24) is 10.6 Å². The predicted molar refractivity (Wildman–Crippen MR) is 87.1 cm³/mol. The van der Waals surface area contributed by atoms with Crippen LogP contribution >= 0.6 is 0 Å². The lowest BCUT2D eigenvalue weighted by Gasteiger charge is -2.35. The highest BCUT2D eigenvalue weighted by atomic mass is 35.5. The fourth-order valence-corrected chi connectivity index (χ4v) is 3.06. The molecule has 1 aromatic carbocycles. The summed E-state index contributed by atoms with van der Waals surface area (Å²) in [7, 11) is 0. The number of urea groups is 1. The van der Waals surface area contributed by atoms with E-state index in [1.807, 2.05) is 18.2 Å². The summed E-state index contributed by atoms with van der Waals surface area (Å²) in [6.45, 7) is 0.212. The molecule has 4 amide bonds. The van der Waals surface area contributed by atoms with Crippen LogP contribution in [-0.4, -0.2) is 29.1 Å². The number of carbonyl (C=O) groups excluding carboxylic acids is 3. The molecule has 0 aliphatic carbocycles. The number of nitrogens with zero attached hydrogens (tertiary/aromatic N) is 1. The van der Waals surface area contributed by atoms with Gasteiger partial charge in [-0.2, -0.15) is 0 Å². The van der Waals surface area contributed by atoms with E-state index in [-0.39, 0.29) is 25.4 Å². The lowest BCUT2D eigenvalue weighted by molar-refractivity contribution is -0.703. The van der Waals surface area contributed by atoms with Gasteiger partial charge in [-0.05, 0) is 5.56 Å². The van der Waals surface area contributed by atoms with Gasteiger partial charge in [0.1, 0.15) is 6.10 Å². The molecule has 1 atom stereocenters. The Labute approximate surface area is 156 Å². The second kappa shape index (κ2) is 8.07. The third-order valence-corrected chi connectivity index (χ3v) is 4.24. The van der Waals surface area contributed by atoms with Crippen molar-refractivity contribution < 1.29 is 36.5 Å². The van der Waals surface area contributed by atoms with Crippen molar-refractivity contribution in [2.45, 2.75) is 24.5 Å². The molecule has 7 nitrogen and oxygen atoms in total. The van der Waals surface area contributed by atoms with Crippen molar-refractivity contribution in [3.8, 4) is 0 Å². The predicted octanol–water partition coefficient (Wildman–Crippen LogP) is -2.97. The smallest absolute Gasteiger partial charge is 0.328 e. The number of hydrogen-bond donors (Lipinski definition) is 3. The van der Waals surface area contributed by atoms with Gasteiger partial charge in [0.15, 0.2) is 24.4 Å². The number of carbonyl (C=O) groups is 3. The highest BCUT2D eigenvalue weighted by molar-refractivity contribution is 6.22. The van der Waals surface area contributed by atoms with Crippen LogP contribution in [0.2, 0.25) is 0 Å². The largest absolute Gasteiger partial charge is 1.00 e. The second-order valence-corrected chi connectivity index (χ2v) is 5.94. The summed E-state index contributed by atoms with van der Waals surface area (Å²) in [6, 6.07) is 13.1. The van der Waals surface area contributed by atoms with Gasteiger partial charge in [0.25, 0.3) is 0 Å². The maximum atomic E-state index is 12.6. The van der Waals surface area contributed by atoms with Crippen LogP contribution in [0.1, 0.15) is 12.0 Å². The van der Waals surface area contributed by atoms with Crippen molar-refractivity contribution in [2.75, 3.05) is 0 Å². The molecule has 3 N–H and O–H groups in total. The lowest BCUT2D eigenvalue weighted by atomic mass is 9.73. The average Bonchev–Trinajstić information content (AvgIpc) is 2.60. The molecule has 136 valence electrons. The van der Waals surface area contributed by atoms with Gasteiger partial charge in [-0.1, -0.05) is 36.4 Å². The number of halogens is 1. The first-order valence-electron chi connectivity index (χ1n) is 7.87. The first kappa shape index (κ1) is 19.6. The van der Waals surface area contributed by atoms with Crippen molar-refractivity contribution in [1.29, 1.82) is 0 Å². The highest BCUT2D eigenvalue weighted by Gasteiger charge is 2.53. The van der Waals surface area contributed by atoms with Crippen molar-refractivity contribution in [3.63, 3.8) is 0 Å². The number of rotatable bonds is 5. The average molecular weight is 376 g/mol. The molecule has 1 unspecified atom stereocenters. The number of aromatic nitrogens is 1. The van der Waals surface area contributed by atoms with E-state index < -0.39 is 29.4 Å². The summed E-state index contributed by atoms with van der Waals surface area (Å²) in [4.78, 5) is 36.7. The molecule has 1 saturated heterocycles. The minimum atomic E-state index is -1.66. The van der Waals surface area contributed by atoms with Crippen LogP contribution < -0.4 is 27.6 Å². The monoisotopic (exact) mass is 375 g/mol. The number of barbiturate groups is 1. The minimum Gasteiger partial charge on any atom is -1.00 e. The summed E-state index contributed by atoms with van der Waals surface area (Å²) in [6.07, 6.45) is 2.44. The molecule has 0 saturated carbocycles. The zero-order valence-corrected chi connectivity index (χ0v) is 14.5. The topological polar surface area (TPSA) is 99.4 Å². The van der Waals surface area contributed by atoms with E-state index in [2.05, 4.69) is 10.6 Å². The van der Waals surface area contributed by atoms with E-state index in [0.29, 0.717) is 5.56 Å². The Morgan fingerprint density at radius 1 is 0.923 bits per heavy atom. The number of aliphatic hydroxyl groups is 1. The standard InChI is InChI=1S/C18H17N3O4.ClH/c22-14(12-21-9-5-2-6-10-21)11-18(13-7-3-1-4-8-13)15(23)19-17(25)20-16(18)24;/h1-10,14,22H,11-12H2,(H-,19,20,23,24,25);1H. The minimum absolute atomic E-state index is 0. The van der Waals surface area contributed by atoms with Gasteiger partial charge in [-0.25, -0.2) is 9.36 Å². The SMILES string of the molecule is O=C1NC(=O)C(CC(O)C[n+]2ccccc2)(c2ccccc2)C(=O)N1.[Cl-]. The number of nitrogens with one attached hydrogen (secondary N) is 2. The van der Waals surface area contributed by atoms with Gasteiger partial charge < -0.3 is 17.5 Å². The van der Waals surface area contributed by atoms with Crippen LogP contribution in [0.4, 0.5) is 4.79 Å². The Bertz CT molecular complexity index is 779. The zero-order valence-electron chi connectivity index (χ0n) is 13.8. The third kappa shape index (κ3) is 3.74. The molecule has 1 fully saturated rings. The molecule has 1 aliphatic rings. The van der Waals surface area contributed by atoms with Gasteiger partial charge in [0.05, 0.1) is 0 Å². The van der Waals surface area contributed by atoms with Crippen molar-refractivity contribution >= 4 is 17.8 Å². The molecule has 1 aromatic heterocycles. The van der Waals surface area contributed by atoms with Crippen molar-refractivity contribution in [3.05, 3.63) is 66.5 Å². The van der Waals surface area contributed by atoms with Gasteiger partial charge >= 0.3 is 6.03 Å². The second-order valence-electron chi connectivity index (χ2n) is 5.94. The molecule has 26 heavy (non-hydrogen) atoms. The molecule has 0 spiro atoms. The Hall–Kier alpha value is -2.77. The third-order valence-electron chi connectivity index (χ3n) is 4.24. The number of pyridine rings is 1. The Kier molecular flexibility index (Phi) is 6.07. The van der Waals surface area contributed by atoms with Crippen LogP contribution in [0.5, 0.6) is 0 Å². The number of benzene rings is 1. The molecular weight excluding hydrogens is 358 g/mol. The molecule has 0 radical (unpaired) electrons. The van der Waals surface area contributed by atoms with E-state index in [9.17, 15) is 19.5 Å². The maximum Gasteiger partial charge on any atom is 0.328 e. The van der Waals surface area contributed by atoms with E-state index in [4.69, 9.17) is 0 Å². The fourth-order valence-electron chi connectivity index (χ4n) is 3.06. The molecule has 3 rings (SSSR count). The van der Waals surface area contributed by atoms with Gasteiger partial charge in [-0.3, -0.25) is 20.2 Å². The zero-order chi connectivity index (χ0) is 17.9. The van der Waals surface area contributed by atoms with Crippen LogP contribution in [0, 0.1) is 0 Å². The van der Waals surface area contributed by atoms with Crippen LogP contribution in [0.15, 0.2) is 60.9 Å². The summed E-state index contributed by atoms with van der Waals surface area (Å²) in [5.41, 5.74) is -1.24. The molecule has 0 bridgehead atoms. The van der Waals surface area contributed by atoms with Gasteiger partial charge in [-0.15, -0.1) is 0 Å². The molecular formula is C18H18ClN3O4. The number of hydrogen-bond acceptors (Lipinski definition) is 4. The van der Waals surface area contributed by atoms with Gasteiger partial charge in [0.2, 0.25) is 11.8 Å². The fraction of sp³-hybridized carbons (Fsp3) is 0.222. The molecule has 8 heteroatoms. The highest BCUT2D eigenvalue weighted by Crippen LogP contribution is 2.32. The first-order chi connectivity index (χ1) is 12.0. The molecule has 2 heterocycles. The summed E-state index contributed by atoms with van der Waals surface area (Å²) >= 11 is 0. The first-order valence-corrected chi connectivity index (χ1v) is 7.87. The Balaban J connectivity index is 0.00000243. The van der Waals surface area contributed by atoms with E-state index in [1.54, 1.807) is 47.3 Å². The van der Waals surface area contributed by atoms with Crippen LogP contribution in [-0.2, 0) is 21.5 Å². The van der Waals surface area contributed by atoms with Gasteiger partial charge in [0, 0.05) is 18.6 Å². The van der Waals surface area contributed by atoms with E-state index >= 15 is 0 Å². The molecule has 2 aromatic rings. The molecule has 1 aliphatic heterocycles. The Morgan fingerprint density at radius 3 is 2.04 bits per heavy atom. The van der Waals surface area contributed by atoms with Crippen LogP contribution in [0.3, 0.4) is 0 Å². The lowest BCUT2D eigenvalue weighted by Crippen LogP contribution is -3.00. The number of amides is 4. The summed E-state index contributed by atoms with van der Waals surface area (Å²) < 4.78 is 1.76. The van der Waals surface area contributed by atoms with E-state index in [0.717, 1.165) is 0 Å². The maximum absolute atomic E-state index is 12.6. The quantitative estimate of drug-likeness (QED) is 0.384.